The van der Waals surface area contributed by atoms with Crippen molar-refractivity contribution in [3.63, 3.8) is 0 Å². The predicted molar refractivity (Wildman–Crippen MR) is 128 cm³/mol. The zero-order valence-corrected chi connectivity index (χ0v) is 19.8. The van der Waals surface area contributed by atoms with Crippen LogP contribution in [0.25, 0.3) is 6.08 Å². The van der Waals surface area contributed by atoms with Crippen LogP contribution in [0.2, 0.25) is 5.02 Å². The Kier molecular flexibility index (Phi) is 7.57. The van der Waals surface area contributed by atoms with E-state index in [9.17, 15) is 22.8 Å². The number of hydrogen-bond donors (Lipinski definition) is 1. The Morgan fingerprint density at radius 1 is 1.12 bits per heavy atom. The topological polar surface area (TPSA) is 49.4 Å². The fourth-order valence-corrected chi connectivity index (χ4v) is 6.00. The van der Waals surface area contributed by atoms with Crippen molar-refractivity contribution < 1.29 is 22.8 Å². The average molecular weight is 509 g/mol. The first kappa shape index (κ1) is 24.7. The maximum atomic E-state index is 13.3. The number of rotatable bonds is 5. The third-order valence-electron chi connectivity index (χ3n) is 6.10. The number of fused-ring (bicyclic) bond motifs is 1. The molecular formula is C25H24ClF3N2O2S. The highest BCUT2D eigenvalue weighted by Crippen LogP contribution is 2.42. The summed E-state index contributed by atoms with van der Waals surface area (Å²) in [7, 11) is 0. The van der Waals surface area contributed by atoms with Crippen molar-refractivity contribution in [2.45, 2.75) is 49.7 Å². The van der Waals surface area contributed by atoms with Crippen molar-refractivity contribution in [3.05, 3.63) is 75.1 Å². The molecule has 2 fully saturated rings. The minimum absolute atomic E-state index is 0.0398. The number of benzene rings is 2. The molecule has 0 radical (unpaired) electrons. The lowest BCUT2D eigenvalue weighted by molar-refractivity contribution is -0.137. The Bertz CT molecular complexity index is 1090. The summed E-state index contributed by atoms with van der Waals surface area (Å²) in [5.41, 5.74) is 0.569. The number of amides is 2. The molecule has 4 rings (SSSR count). The summed E-state index contributed by atoms with van der Waals surface area (Å²) >= 11 is 7.63. The van der Waals surface area contributed by atoms with Crippen LogP contribution >= 0.6 is 23.4 Å². The number of carbonyl (C=O) groups is 2. The first-order valence-electron chi connectivity index (χ1n) is 11.1. The molecule has 2 aliphatic rings. The molecule has 2 aromatic carbocycles. The van der Waals surface area contributed by atoms with Crippen LogP contribution in [0.5, 0.6) is 0 Å². The SMILES string of the molecule is O=C(CN1C(=O)/C(=C/c2ccc(C(F)(F)F)cc2)SC2CCCCC21)NCc1ccccc1Cl. The van der Waals surface area contributed by atoms with Gasteiger partial charge in [0.25, 0.3) is 5.91 Å². The number of halogens is 4. The second-order valence-electron chi connectivity index (χ2n) is 8.44. The molecule has 1 aliphatic carbocycles. The van der Waals surface area contributed by atoms with Gasteiger partial charge in [-0.1, -0.05) is 54.8 Å². The third-order valence-corrected chi connectivity index (χ3v) is 7.87. The van der Waals surface area contributed by atoms with Crippen molar-refractivity contribution in [2.24, 2.45) is 0 Å². The lowest BCUT2D eigenvalue weighted by Gasteiger charge is -2.43. The highest BCUT2D eigenvalue weighted by atomic mass is 35.5. The summed E-state index contributed by atoms with van der Waals surface area (Å²) in [5.74, 6) is -0.542. The number of nitrogens with one attached hydrogen (secondary N) is 1. The quantitative estimate of drug-likeness (QED) is 0.511. The summed E-state index contributed by atoms with van der Waals surface area (Å²) in [6, 6.07) is 11.9. The first-order chi connectivity index (χ1) is 16.2. The van der Waals surface area contributed by atoms with Gasteiger partial charge in [0.1, 0.15) is 6.54 Å². The average Bonchev–Trinajstić information content (AvgIpc) is 2.81. The monoisotopic (exact) mass is 508 g/mol. The summed E-state index contributed by atoms with van der Waals surface area (Å²) in [6.45, 7) is 0.187. The van der Waals surface area contributed by atoms with Crippen LogP contribution in [0.15, 0.2) is 53.4 Å². The van der Waals surface area contributed by atoms with Gasteiger partial charge in [-0.25, -0.2) is 0 Å². The molecule has 2 aromatic rings. The van der Waals surface area contributed by atoms with E-state index in [0.29, 0.717) is 15.5 Å². The van der Waals surface area contributed by atoms with E-state index in [1.807, 2.05) is 18.2 Å². The molecule has 2 atom stereocenters. The first-order valence-corrected chi connectivity index (χ1v) is 12.3. The normalized spacial score (nSPS) is 21.9. The van der Waals surface area contributed by atoms with Crippen LogP contribution in [-0.4, -0.2) is 34.6 Å². The van der Waals surface area contributed by atoms with E-state index < -0.39 is 11.7 Å². The van der Waals surface area contributed by atoms with Gasteiger partial charge in [-0.05, 0) is 48.2 Å². The minimum Gasteiger partial charge on any atom is -0.350 e. The van der Waals surface area contributed by atoms with Gasteiger partial charge in [0.2, 0.25) is 5.91 Å². The van der Waals surface area contributed by atoms with Gasteiger partial charge in [-0.2, -0.15) is 13.2 Å². The number of hydrogen-bond acceptors (Lipinski definition) is 3. The molecule has 34 heavy (non-hydrogen) atoms. The fourth-order valence-electron chi connectivity index (χ4n) is 4.33. The van der Waals surface area contributed by atoms with Crippen LogP contribution in [-0.2, 0) is 22.3 Å². The van der Waals surface area contributed by atoms with Gasteiger partial charge >= 0.3 is 6.18 Å². The number of carbonyl (C=O) groups excluding carboxylic acids is 2. The molecule has 0 spiro atoms. The lowest BCUT2D eigenvalue weighted by atomic mass is 9.93. The maximum absolute atomic E-state index is 13.3. The van der Waals surface area contributed by atoms with Gasteiger partial charge in [0, 0.05) is 22.9 Å². The standard InChI is InChI=1S/C25H24ClF3N2O2S/c26-19-6-2-1-5-17(19)14-30-23(32)15-31-20-7-3-4-8-21(20)34-22(24(31)33)13-16-9-11-18(12-10-16)25(27,28)29/h1-2,5-6,9-13,20-21H,3-4,7-8,14-15H2,(H,30,32)/b22-13-. The molecule has 9 heteroatoms. The van der Waals surface area contributed by atoms with E-state index in [2.05, 4.69) is 5.32 Å². The van der Waals surface area contributed by atoms with Gasteiger partial charge in [-0.15, -0.1) is 11.8 Å². The Morgan fingerprint density at radius 3 is 2.53 bits per heavy atom. The molecule has 1 aliphatic heterocycles. The van der Waals surface area contributed by atoms with Gasteiger partial charge in [0.05, 0.1) is 10.5 Å². The Labute approximate surface area is 205 Å². The van der Waals surface area contributed by atoms with Crippen LogP contribution in [0.1, 0.15) is 42.4 Å². The van der Waals surface area contributed by atoms with E-state index in [1.165, 1.54) is 23.9 Å². The third kappa shape index (κ3) is 5.78. The van der Waals surface area contributed by atoms with Crippen LogP contribution in [0.4, 0.5) is 13.2 Å². The number of thioether (sulfide) groups is 1. The molecule has 0 bridgehead atoms. The van der Waals surface area contributed by atoms with Crippen molar-refractivity contribution in [2.75, 3.05) is 6.54 Å². The van der Waals surface area contributed by atoms with Crippen LogP contribution in [0, 0.1) is 0 Å². The zero-order chi connectivity index (χ0) is 24.3. The van der Waals surface area contributed by atoms with Crippen molar-refractivity contribution in [1.29, 1.82) is 0 Å². The van der Waals surface area contributed by atoms with Crippen molar-refractivity contribution in [1.82, 2.24) is 10.2 Å². The van der Waals surface area contributed by atoms with E-state index in [4.69, 9.17) is 11.6 Å². The van der Waals surface area contributed by atoms with Crippen LogP contribution < -0.4 is 5.32 Å². The molecule has 180 valence electrons. The Balaban J connectivity index is 1.50. The summed E-state index contributed by atoms with van der Waals surface area (Å²) < 4.78 is 38.6. The van der Waals surface area contributed by atoms with E-state index in [1.54, 1.807) is 17.0 Å². The Morgan fingerprint density at radius 2 is 1.82 bits per heavy atom. The zero-order valence-electron chi connectivity index (χ0n) is 18.3. The van der Waals surface area contributed by atoms with E-state index in [-0.39, 0.29) is 36.2 Å². The molecule has 0 aromatic heterocycles. The second kappa shape index (κ2) is 10.4. The summed E-state index contributed by atoms with van der Waals surface area (Å²) in [6.07, 6.45) is 0.990. The molecule has 1 N–H and O–H groups in total. The summed E-state index contributed by atoms with van der Waals surface area (Å²) in [5, 5.41) is 3.55. The number of nitrogens with zero attached hydrogens (tertiary/aromatic N) is 1. The lowest BCUT2D eigenvalue weighted by Crippen LogP contribution is -2.54. The maximum Gasteiger partial charge on any atom is 0.416 e. The molecule has 1 heterocycles. The highest BCUT2D eigenvalue weighted by Gasteiger charge is 2.41. The highest BCUT2D eigenvalue weighted by molar-refractivity contribution is 8.04. The molecular weight excluding hydrogens is 485 g/mol. The molecule has 1 saturated carbocycles. The number of alkyl halides is 3. The van der Waals surface area contributed by atoms with Gasteiger partial charge in [0.15, 0.2) is 0 Å². The van der Waals surface area contributed by atoms with Crippen molar-refractivity contribution >= 4 is 41.3 Å². The van der Waals surface area contributed by atoms with Gasteiger partial charge in [-0.3, -0.25) is 9.59 Å². The van der Waals surface area contributed by atoms with Crippen molar-refractivity contribution in [3.8, 4) is 0 Å². The minimum atomic E-state index is -4.41. The molecule has 2 unspecified atom stereocenters. The van der Waals surface area contributed by atoms with Gasteiger partial charge < -0.3 is 10.2 Å². The smallest absolute Gasteiger partial charge is 0.350 e. The second-order valence-corrected chi connectivity index (χ2v) is 10.1. The largest absolute Gasteiger partial charge is 0.416 e. The van der Waals surface area contributed by atoms with E-state index in [0.717, 1.165) is 43.4 Å². The van der Waals surface area contributed by atoms with Crippen LogP contribution in [0.3, 0.4) is 0 Å². The molecule has 4 nitrogen and oxygen atoms in total. The summed E-state index contributed by atoms with van der Waals surface area (Å²) in [4.78, 5) is 28.1. The Hall–Kier alpha value is -2.45. The molecule has 1 saturated heterocycles. The van der Waals surface area contributed by atoms with E-state index >= 15 is 0 Å². The molecule has 2 amide bonds. The fraction of sp³-hybridized carbons (Fsp3) is 0.360. The predicted octanol–water partition coefficient (Wildman–Crippen LogP) is 5.90.